The van der Waals surface area contributed by atoms with Crippen LogP contribution in [0, 0.1) is 0 Å². The molecule has 1 fully saturated rings. The Morgan fingerprint density at radius 3 is 2.43 bits per heavy atom. The Bertz CT molecular complexity index is 465. The summed E-state index contributed by atoms with van der Waals surface area (Å²) in [5.41, 5.74) is 1.71. The molecule has 21 heavy (non-hydrogen) atoms. The number of rotatable bonds is 5. The zero-order valence-corrected chi connectivity index (χ0v) is 14.9. The largest absolute Gasteiger partial charge is 0.390 e. The van der Waals surface area contributed by atoms with E-state index in [1.54, 1.807) is 7.11 Å². The van der Waals surface area contributed by atoms with E-state index in [9.17, 15) is 5.11 Å². The zero-order chi connectivity index (χ0) is 15.5. The number of hydrogen-bond acceptors (Lipinski definition) is 3. The first-order valence-corrected chi connectivity index (χ1v) is 8.77. The highest BCUT2D eigenvalue weighted by Crippen LogP contribution is 2.35. The molecule has 0 aliphatic heterocycles. The molecule has 1 unspecified atom stereocenters. The quantitative estimate of drug-likeness (QED) is 0.820. The fraction of sp³-hybridized carbons (Fsp3) is 0.812. The van der Waals surface area contributed by atoms with Gasteiger partial charge in [-0.25, -0.2) is 0 Å². The van der Waals surface area contributed by atoms with E-state index in [1.165, 1.54) is 12.8 Å². The molecule has 1 N–H and O–H groups in total. The van der Waals surface area contributed by atoms with E-state index in [0.29, 0.717) is 6.42 Å². The molecule has 1 aromatic heterocycles. The molecule has 0 saturated heterocycles. The van der Waals surface area contributed by atoms with Gasteiger partial charge in [0.25, 0.3) is 0 Å². The summed E-state index contributed by atoms with van der Waals surface area (Å²) in [6.07, 6.45) is 7.63. The van der Waals surface area contributed by atoms with Gasteiger partial charge in [-0.1, -0.05) is 32.6 Å². The highest BCUT2D eigenvalue weighted by atomic mass is 79.9. The van der Waals surface area contributed by atoms with Crippen LogP contribution in [0.5, 0.6) is 0 Å². The third kappa shape index (κ3) is 3.51. The monoisotopic (exact) mass is 358 g/mol. The molecule has 5 heteroatoms. The Morgan fingerprint density at radius 1 is 1.33 bits per heavy atom. The Morgan fingerprint density at radius 2 is 1.95 bits per heavy atom. The average Bonchev–Trinajstić information content (AvgIpc) is 2.69. The molecular formula is C16H27BrN2O2. The van der Waals surface area contributed by atoms with E-state index in [-0.39, 0.29) is 0 Å². The van der Waals surface area contributed by atoms with Gasteiger partial charge < -0.3 is 9.84 Å². The predicted octanol–water partition coefficient (Wildman–Crippen LogP) is 3.39. The first-order valence-electron chi connectivity index (χ1n) is 7.97. The summed E-state index contributed by atoms with van der Waals surface area (Å²) in [7, 11) is 3.68. The van der Waals surface area contributed by atoms with Crippen LogP contribution in [-0.4, -0.2) is 33.7 Å². The standard InChI is InChI=1S/C16H27BrN2O2/c1-4-12-15(17)13(19(2)18-12)11-14(20)16(21-3)9-7-5-6-8-10-16/h14,20H,4-11H2,1-3H3. The van der Waals surface area contributed by atoms with Gasteiger partial charge in [-0.15, -0.1) is 0 Å². The first-order chi connectivity index (χ1) is 10.0. The van der Waals surface area contributed by atoms with Crippen molar-refractivity contribution in [1.29, 1.82) is 0 Å². The highest BCUT2D eigenvalue weighted by Gasteiger charge is 2.39. The second kappa shape index (κ2) is 7.25. The third-order valence-electron chi connectivity index (χ3n) is 4.85. The zero-order valence-electron chi connectivity index (χ0n) is 13.4. The SMILES string of the molecule is CCc1nn(C)c(CC(O)C2(OC)CCCCCC2)c1Br. The van der Waals surface area contributed by atoms with Gasteiger partial charge in [-0.05, 0) is 35.2 Å². The number of aryl methyl sites for hydroxylation is 2. The van der Waals surface area contributed by atoms with Crippen molar-refractivity contribution in [2.75, 3.05) is 7.11 Å². The van der Waals surface area contributed by atoms with Gasteiger partial charge >= 0.3 is 0 Å². The van der Waals surface area contributed by atoms with Gasteiger partial charge in [0.1, 0.15) is 0 Å². The van der Waals surface area contributed by atoms with Gasteiger partial charge in [0.15, 0.2) is 0 Å². The first kappa shape index (κ1) is 17.0. The number of nitrogens with zero attached hydrogens (tertiary/aromatic N) is 2. The minimum Gasteiger partial charge on any atom is -0.390 e. The Labute approximate surface area is 136 Å². The van der Waals surface area contributed by atoms with E-state index >= 15 is 0 Å². The summed E-state index contributed by atoms with van der Waals surface area (Å²) in [6.45, 7) is 2.09. The lowest BCUT2D eigenvalue weighted by Gasteiger charge is -2.36. The molecule has 0 radical (unpaired) electrons. The summed E-state index contributed by atoms with van der Waals surface area (Å²) in [4.78, 5) is 0. The molecule has 1 aromatic rings. The number of halogens is 1. The lowest BCUT2D eigenvalue weighted by Crippen LogP contribution is -2.45. The number of hydrogen-bond donors (Lipinski definition) is 1. The molecule has 1 heterocycles. The van der Waals surface area contributed by atoms with Gasteiger partial charge in [-0.2, -0.15) is 5.10 Å². The number of aliphatic hydroxyl groups is 1. The topological polar surface area (TPSA) is 47.3 Å². The Balaban J connectivity index is 2.19. The third-order valence-corrected chi connectivity index (χ3v) is 5.77. The summed E-state index contributed by atoms with van der Waals surface area (Å²) in [6, 6.07) is 0. The Hall–Kier alpha value is -0.390. The van der Waals surface area contributed by atoms with Crippen molar-refractivity contribution >= 4 is 15.9 Å². The number of aliphatic hydroxyl groups excluding tert-OH is 1. The minimum absolute atomic E-state index is 0.396. The van der Waals surface area contributed by atoms with Crippen LogP contribution in [0.3, 0.4) is 0 Å². The van der Waals surface area contributed by atoms with Crippen LogP contribution in [0.15, 0.2) is 4.47 Å². The molecule has 0 bridgehead atoms. The summed E-state index contributed by atoms with van der Waals surface area (Å²) < 4.78 is 8.73. The molecule has 4 nitrogen and oxygen atoms in total. The second-order valence-electron chi connectivity index (χ2n) is 6.09. The van der Waals surface area contributed by atoms with Crippen LogP contribution in [0.1, 0.15) is 56.8 Å². The van der Waals surface area contributed by atoms with E-state index < -0.39 is 11.7 Å². The molecule has 2 rings (SSSR count). The highest BCUT2D eigenvalue weighted by molar-refractivity contribution is 9.10. The molecule has 1 aliphatic rings. The van der Waals surface area contributed by atoms with Gasteiger partial charge in [-0.3, -0.25) is 4.68 Å². The van der Waals surface area contributed by atoms with Crippen molar-refractivity contribution in [2.45, 2.75) is 70.0 Å². The number of aromatic nitrogens is 2. The van der Waals surface area contributed by atoms with Crippen LogP contribution in [0.4, 0.5) is 0 Å². The van der Waals surface area contributed by atoms with Crippen LogP contribution >= 0.6 is 15.9 Å². The van der Waals surface area contributed by atoms with Crippen molar-refractivity contribution in [2.24, 2.45) is 7.05 Å². The van der Waals surface area contributed by atoms with E-state index in [4.69, 9.17) is 4.74 Å². The van der Waals surface area contributed by atoms with Gasteiger partial charge in [0, 0.05) is 20.6 Å². The molecule has 1 atom stereocenters. The summed E-state index contributed by atoms with van der Waals surface area (Å²) in [5.74, 6) is 0. The fourth-order valence-corrected chi connectivity index (χ4v) is 4.19. The fourth-order valence-electron chi connectivity index (χ4n) is 3.41. The van der Waals surface area contributed by atoms with Crippen molar-refractivity contribution in [3.8, 4) is 0 Å². The normalized spacial score (nSPS) is 20.2. The summed E-state index contributed by atoms with van der Waals surface area (Å²) >= 11 is 3.63. The molecule has 120 valence electrons. The summed E-state index contributed by atoms with van der Waals surface area (Å²) in [5, 5.41) is 15.4. The maximum atomic E-state index is 10.8. The van der Waals surface area contributed by atoms with E-state index in [1.807, 2.05) is 11.7 Å². The second-order valence-corrected chi connectivity index (χ2v) is 6.88. The van der Waals surface area contributed by atoms with Crippen LogP contribution in [0.25, 0.3) is 0 Å². The van der Waals surface area contributed by atoms with Gasteiger partial charge in [0.2, 0.25) is 0 Å². The van der Waals surface area contributed by atoms with Crippen LogP contribution in [0.2, 0.25) is 0 Å². The van der Waals surface area contributed by atoms with Crippen molar-refractivity contribution in [1.82, 2.24) is 9.78 Å². The molecule has 1 saturated carbocycles. The van der Waals surface area contributed by atoms with Crippen LogP contribution < -0.4 is 0 Å². The number of ether oxygens (including phenoxy) is 1. The van der Waals surface area contributed by atoms with Crippen molar-refractivity contribution < 1.29 is 9.84 Å². The number of methoxy groups -OCH3 is 1. The van der Waals surface area contributed by atoms with Gasteiger partial charge in [0.05, 0.1) is 27.6 Å². The maximum Gasteiger partial charge on any atom is 0.0940 e. The molecular weight excluding hydrogens is 332 g/mol. The maximum absolute atomic E-state index is 10.8. The van der Waals surface area contributed by atoms with Crippen LogP contribution in [-0.2, 0) is 24.6 Å². The predicted molar refractivity (Wildman–Crippen MR) is 87.4 cm³/mol. The lowest BCUT2D eigenvalue weighted by molar-refractivity contribution is -0.111. The minimum atomic E-state index is -0.489. The average molecular weight is 359 g/mol. The van der Waals surface area contributed by atoms with E-state index in [2.05, 4.69) is 28.0 Å². The molecule has 0 amide bonds. The lowest BCUT2D eigenvalue weighted by atomic mass is 9.85. The molecule has 1 aliphatic carbocycles. The molecule has 0 spiro atoms. The smallest absolute Gasteiger partial charge is 0.0940 e. The van der Waals surface area contributed by atoms with Crippen molar-refractivity contribution in [3.63, 3.8) is 0 Å². The van der Waals surface area contributed by atoms with E-state index in [0.717, 1.165) is 48.0 Å². The Kier molecular flexibility index (Phi) is 5.86. The molecule has 0 aromatic carbocycles. The van der Waals surface area contributed by atoms with Crippen molar-refractivity contribution in [3.05, 3.63) is 15.9 Å².